The Labute approximate surface area is 152 Å². The van der Waals surface area contributed by atoms with E-state index in [4.69, 9.17) is 4.99 Å². The minimum Gasteiger partial charge on any atom is -0.289 e. The van der Waals surface area contributed by atoms with Crippen LogP contribution in [0.5, 0.6) is 0 Å². The van der Waals surface area contributed by atoms with Crippen molar-refractivity contribution >= 4 is 24.4 Å². The molecule has 0 radical (unpaired) electrons. The molecule has 0 aromatic heterocycles. The first-order valence-electron chi connectivity index (χ1n) is 9.73. The minimum absolute atomic E-state index is 0.403. The highest BCUT2D eigenvalue weighted by molar-refractivity contribution is 5.78. The molecule has 3 aliphatic carbocycles. The third-order valence-electron chi connectivity index (χ3n) is 6.86. The second-order valence-corrected chi connectivity index (χ2v) is 8.42. The van der Waals surface area contributed by atoms with Crippen molar-refractivity contribution < 1.29 is 0 Å². The van der Waals surface area contributed by atoms with Gasteiger partial charge in [0.05, 0.1) is 6.04 Å². The third kappa shape index (κ3) is 2.56. The largest absolute Gasteiger partial charge is 0.289 e. The van der Waals surface area contributed by atoms with Gasteiger partial charge < -0.3 is 0 Å². The number of rotatable bonds is 3. The zero-order chi connectivity index (χ0) is 17.6. The Morgan fingerprint density at radius 1 is 1.32 bits per heavy atom. The number of hydrogen-bond acceptors (Lipinski definition) is 1. The summed E-state index contributed by atoms with van der Waals surface area (Å²) in [6, 6.07) is 4.95. The Bertz CT molecular complexity index is 791. The van der Waals surface area contributed by atoms with Gasteiger partial charge in [0.25, 0.3) is 0 Å². The fourth-order valence-electron chi connectivity index (χ4n) is 5.10. The smallest absolute Gasteiger partial charge is 0.0742 e. The molecule has 3 fully saturated rings. The fraction of sp³-hybridized carbons (Fsp3) is 0.458. The Morgan fingerprint density at radius 3 is 2.88 bits per heavy atom. The zero-order valence-electron chi connectivity index (χ0n) is 15.8. The second kappa shape index (κ2) is 6.12. The van der Waals surface area contributed by atoms with Crippen LogP contribution in [0.3, 0.4) is 0 Å². The topological polar surface area (TPSA) is 12.4 Å². The maximum atomic E-state index is 5.04. The van der Waals surface area contributed by atoms with Gasteiger partial charge in [-0.25, -0.2) is 0 Å². The summed E-state index contributed by atoms with van der Waals surface area (Å²) in [4.78, 5) is 5.04. The van der Waals surface area contributed by atoms with E-state index in [1.165, 1.54) is 35.1 Å². The molecule has 1 heterocycles. The summed E-state index contributed by atoms with van der Waals surface area (Å²) in [5.41, 5.74) is 7.29. The van der Waals surface area contributed by atoms with Gasteiger partial charge >= 0.3 is 0 Å². The number of nitrogens with zero attached hydrogens (tertiary/aromatic N) is 1. The molecule has 3 atom stereocenters. The van der Waals surface area contributed by atoms with Gasteiger partial charge in [-0.1, -0.05) is 63.8 Å². The molecule has 3 unspecified atom stereocenters. The normalized spacial score (nSPS) is 29.1. The van der Waals surface area contributed by atoms with Gasteiger partial charge in [0.15, 0.2) is 0 Å². The van der Waals surface area contributed by atoms with Crippen LogP contribution in [0, 0.1) is 17.3 Å². The molecule has 1 aromatic rings. The van der Waals surface area contributed by atoms with Gasteiger partial charge in [0, 0.05) is 12.6 Å². The molecule has 1 heteroatoms. The van der Waals surface area contributed by atoms with E-state index in [2.05, 4.69) is 63.9 Å². The highest BCUT2D eigenvalue weighted by atomic mass is 14.8. The Morgan fingerprint density at radius 2 is 2.16 bits per heavy atom. The molecular formula is C24H29N. The van der Waals surface area contributed by atoms with Crippen molar-refractivity contribution in [2.45, 2.75) is 52.5 Å². The number of benzene rings is 1. The van der Waals surface area contributed by atoms with Gasteiger partial charge in [0.2, 0.25) is 0 Å². The van der Waals surface area contributed by atoms with E-state index in [0.29, 0.717) is 11.5 Å². The summed E-state index contributed by atoms with van der Waals surface area (Å²) in [7, 11) is 0. The standard InChI is InChI=1S/C24H29N/c1-5-7-8-16-9-10-17-13-18-14-19-15-22(24(19,3)4)23(18)25-12-11-21(17)20(16)6-2/h6-10,12-13,19,22-23H,2,5,11,14-15H2,1,3-4H3/b8-7-,18-13?,25-12?. The predicted molar refractivity (Wildman–Crippen MR) is 110 cm³/mol. The first-order valence-corrected chi connectivity index (χ1v) is 9.73. The van der Waals surface area contributed by atoms with Crippen LogP contribution in [0.4, 0.5) is 0 Å². The molecule has 2 bridgehead atoms. The van der Waals surface area contributed by atoms with Crippen molar-refractivity contribution in [1.29, 1.82) is 0 Å². The SMILES string of the molecule is C=Cc1c(/C=C\CC)ccc2c1CC=NC1C(=C2)CC2CC1C2(C)C. The highest BCUT2D eigenvalue weighted by Gasteiger charge is 2.56. The molecular weight excluding hydrogens is 302 g/mol. The van der Waals surface area contributed by atoms with Crippen LogP contribution in [-0.2, 0) is 6.42 Å². The first kappa shape index (κ1) is 16.6. The Kier molecular flexibility index (Phi) is 4.06. The van der Waals surface area contributed by atoms with Gasteiger partial charge in [-0.15, -0.1) is 0 Å². The Hall–Kier alpha value is -1.89. The molecule has 1 aromatic carbocycles. The van der Waals surface area contributed by atoms with Crippen molar-refractivity contribution in [2.24, 2.45) is 22.2 Å². The van der Waals surface area contributed by atoms with Crippen LogP contribution in [0.1, 0.15) is 62.3 Å². The molecule has 0 amide bonds. The van der Waals surface area contributed by atoms with Crippen LogP contribution in [0.2, 0.25) is 0 Å². The van der Waals surface area contributed by atoms with E-state index < -0.39 is 0 Å². The van der Waals surface area contributed by atoms with Crippen LogP contribution >= 0.6 is 0 Å². The summed E-state index contributed by atoms with van der Waals surface area (Å²) < 4.78 is 0. The molecule has 0 saturated heterocycles. The average molecular weight is 332 g/mol. The molecule has 3 saturated carbocycles. The van der Waals surface area contributed by atoms with Crippen LogP contribution < -0.4 is 0 Å². The monoisotopic (exact) mass is 331 g/mol. The lowest BCUT2D eigenvalue weighted by Gasteiger charge is -2.60. The zero-order valence-corrected chi connectivity index (χ0v) is 15.8. The summed E-state index contributed by atoms with van der Waals surface area (Å²) >= 11 is 0. The molecule has 25 heavy (non-hydrogen) atoms. The molecule has 0 spiro atoms. The van der Waals surface area contributed by atoms with Crippen molar-refractivity contribution in [2.75, 3.05) is 0 Å². The van der Waals surface area contributed by atoms with Crippen LogP contribution in [0.25, 0.3) is 18.2 Å². The first-order chi connectivity index (χ1) is 12.1. The van der Waals surface area contributed by atoms with Crippen molar-refractivity contribution in [3.8, 4) is 0 Å². The predicted octanol–water partition coefficient (Wildman–Crippen LogP) is 6.20. The lowest BCUT2D eigenvalue weighted by Crippen LogP contribution is -2.55. The van der Waals surface area contributed by atoms with Crippen LogP contribution in [-0.4, -0.2) is 12.3 Å². The molecule has 0 N–H and O–H groups in total. The van der Waals surface area contributed by atoms with E-state index in [0.717, 1.165) is 24.7 Å². The molecule has 1 nitrogen and oxygen atoms in total. The summed E-state index contributed by atoms with van der Waals surface area (Å²) in [6.07, 6.45) is 15.6. The van der Waals surface area contributed by atoms with Gasteiger partial charge in [-0.2, -0.15) is 0 Å². The van der Waals surface area contributed by atoms with Gasteiger partial charge in [-0.3, -0.25) is 4.99 Å². The minimum atomic E-state index is 0.403. The fourth-order valence-corrected chi connectivity index (χ4v) is 5.10. The number of aliphatic imine (C=N–C) groups is 1. The van der Waals surface area contributed by atoms with Crippen molar-refractivity contribution in [1.82, 2.24) is 0 Å². The van der Waals surface area contributed by atoms with E-state index in [9.17, 15) is 0 Å². The van der Waals surface area contributed by atoms with E-state index in [1.54, 1.807) is 5.57 Å². The average Bonchev–Trinajstić information content (AvgIpc) is 2.59. The van der Waals surface area contributed by atoms with E-state index in [1.807, 2.05) is 6.08 Å². The van der Waals surface area contributed by atoms with Crippen molar-refractivity contribution in [3.05, 3.63) is 52.6 Å². The molecule has 130 valence electrons. The molecule has 4 aliphatic rings. The Balaban J connectivity index is 1.78. The van der Waals surface area contributed by atoms with Gasteiger partial charge in [0.1, 0.15) is 0 Å². The van der Waals surface area contributed by atoms with Crippen molar-refractivity contribution in [3.63, 3.8) is 0 Å². The number of allylic oxidation sites excluding steroid dienone is 1. The molecule has 5 rings (SSSR count). The van der Waals surface area contributed by atoms with Crippen LogP contribution in [0.15, 0.2) is 35.4 Å². The number of fused-ring (bicyclic) bond motifs is 1. The lowest BCUT2D eigenvalue weighted by molar-refractivity contribution is -0.0531. The lowest BCUT2D eigenvalue weighted by atomic mass is 9.46. The summed E-state index contributed by atoms with van der Waals surface area (Å²) in [5.74, 6) is 1.56. The van der Waals surface area contributed by atoms with Gasteiger partial charge in [-0.05, 0) is 64.3 Å². The van der Waals surface area contributed by atoms with E-state index in [-0.39, 0.29) is 0 Å². The summed E-state index contributed by atoms with van der Waals surface area (Å²) in [6.45, 7) is 11.1. The number of hydrogen-bond donors (Lipinski definition) is 0. The highest BCUT2D eigenvalue weighted by Crippen LogP contribution is 2.61. The maximum Gasteiger partial charge on any atom is 0.0742 e. The second-order valence-electron chi connectivity index (χ2n) is 8.42. The maximum absolute atomic E-state index is 5.04. The quantitative estimate of drug-likeness (QED) is 0.625. The third-order valence-corrected chi connectivity index (χ3v) is 6.86. The summed E-state index contributed by atoms with van der Waals surface area (Å²) in [5, 5.41) is 0. The van der Waals surface area contributed by atoms with E-state index >= 15 is 0 Å². The molecule has 1 aliphatic heterocycles.